The molecule has 2 atom stereocenters. The molecule has 1 aliphatic carbocycles. The number of benzene rings is 2. The fraction of sp³-hybridized carbons (Fsp3) is 0.400. The standard InChI is InChI=1S/C25H28N2O5/c1-16(14-23(28)27-13-7-6-12-22(27)24(29)30)26-25(31)32-15-21-19-10-4-2-8-17(19)18-9-3-5-11-20(18)21/h2-5,8-11,16,21-22H,6-7,12-15H2,1H3,(H,26,31)(H,29,30)/t16?,22-/m0/s1. The van der Waals surface area contributed by atoms with E-state index in [9.17, 15) is 19.5 Å². The van der Waals surface area contributed by atoms with Gasteiger partial charge in [-0.15, -0.1) is 0 Å². The van der Waals surface area contributed by atoms with Crippen molar-refractivity contribution in [1.29, 1.82) is 0 Å². The van der Waals surface area contributed by atoms with Gasteiger partial charge in [0.05, 0.1) is 0 Å². The van der Waals surface area contributed by atoms with E-state index >= 15 is 0 Å². The zero-order valence-electron chi connectivity index (χ0n) is 18.1. The summed E-state index contributed by atoms with van der Waals surface area (Å²) in [6, 6.07) is 15.0. The number of fused-ring (bicyclic) bond motifs is 3. The van der Waals surface area contributed by atoms with E-state index < -0.39 is 24.1 Å². The Morgan fingerprint density at radius 2 is 1.69 bits per heavy atom. The van der Waals surface area contributed by atoms with Crippen molar-refractivity contribution in [2.75, 3.05) is 13.2 Å². The molecule has 7 nitrogen and oxygen atoms in total. The van der Waals surface area contributed by atoms with E-state index in [2.05, 4.69) is 29.6 Å². The maximum absolute atomic E-state index is 12.6. The quantitative estimate of drug-likeness (QED) is 0.719. The van der Waals surface area contributed by atoms with E-state index in [4.69, 9.17) is 4.74 Å². The summed E-state index contributed by atoms with van der Waals surface area (Å²) in [5.74, 6) is -1.27. The number of rotatable bonds is 6. The monoisotopic (exact) mass is 436 g/mol. The zero-order chi connectivity index (χ0) is 22.7. The third kappa shape index (κ3) is 4.47. The molecule has 4 rings (SSSR count). The first-order valence-corrected chi connectivity index (χ1v) is 11.1. The van der Waals surface area contributed by atoms with Gasteiger partial charge >= 0.3 is 12.1 Å². The first-order chi connectivity index (χ1) is 15.5. The van der Waals surface area contributed by atoms with Crippen molar-refractivity contribution < 1.29 is 24.2 Å². The molecule has 1 fully saturated rings. The number of carbonyl (C=O) groups excluding carboxylic acids is 2. The Kier molecular flexibility index (Phi) is 6.44. The highest BCUT2D eigenvalue weighted by atomic mass is 16.5. The fourth-order valence-electron chi connectivity index (χ4n) is 4.76. The summed E-state index contributed by atoms with van der Waals surface area (Å²) in [6.45, 7) is 2.36. The van der Waals surface area contributed by atoms with Crippen LogP contribution in [0.1, 0.15) is 49.7 Å². The molecule has 0 radical (unpaired) electrons. The molecule has 2 amide bonds. The van der Waals surface area contributed by atoms with E-state index in [1.807, 2.05) is 24.3 Å². The van der Waals surface area contributed by atoms with Gasteiger partial charge in [-0.05, 0) is 48.4 Å². The first kappa shape index (κ1) is 21.9. The van der Waals surface area contributed by atoms with Gasteiger partial charge in [-0.2, -0.15) is 0 Å². The highest BCUT2D eigenvalue weighted by Gasteiger charge is 2.33. The number of amides is 2. The minimum absolute atomic E-state index is 0.0326. The highest BCUT2D eigenvalue weighted by Crippen LogP contribution is 2.44. The van der Waals surface area contributed by atoms with Crippen molar-refractivity contribution in [3.8, 4) is 11.1 Å². The lowest BCUT2D eigenvalue weighted by atomic mass is 9.98. The number of carbonyl (C=O) groups is 3. The van der Waals surface area contributed by atoms with Crippen molar-refractivity contribution >= 4 is 18.0 Å². The van der Waals surface area contributed by atoms with Crippen LogP contribution in [-0.4, -0.2) is 53.2 Å². The Hall–Kier alpha value is -3.35. The van der Waals surface area contributed by atoms with Crippen molar-refractivity contribution in [3.63, 3.8) is 0 Å². The van der Waals surface area contributed by atoms with Crippen LogP contribution in [0, 0.1) is 0 Å². The first-order valence-electron chi connectivity index (χ1n) is 11.1. The Morgan fingerprint density at radius 1 is 1.06 bits per heavy atom. The average Bonchev–Trinajstić information content (AvgIpc) is 3.11. The van der Waals surface area contributed by atoms with Crippen molar-refractivity contribution in [2.24, 2.45) is 0 Å². The van der Waals surface area contributed by atoms with Gasteiger partial charge in [0, 0.05) is 24.9 Å². The van der Waals surface area contributed by atoms with E-state index in [1.165, 1.54) is 4.90 Å². The second kappa shape index (κ2) is 9.42. The van der Waals surface area contributed by atoms with Gasteiger partial charge in [0.25, 0.3) is 0 Å². The molecule has 0 aromatic heterocycles. The number of likely N-dealkylation sites (tertiary alicyclic amines) is 1. The number of aliphatic carboxylic acids is 1. The minimum atomic E-state index is -0.977. The number of alkyl carbamates (subject to hydrolysis) is 1. The molecule has 1 unspecified atom stereocenters. The molecule has 1 saturated heterocycles. The summed E-state index contributed by atoms with van der Waals surface area (Å²) in [4.78, 5) is 37.9. The number of piperidine rings is 1. The molecule has 0 spiro atoms. The van der Waals surface area contributed by atoms with Gasteiger partial charge in [0.2, 0.25) is 5.91 Å². The summed E-state index contributed by atoms with van der Waals surface area (Å²) >= 11 is 0. The number of ether oxygens (including phenoxy) is 1. The van der Waals surface area contributed by atoms with E-state index in [-0.39, 0.29) is 24.9 Å². The third-order valence-electron chi connectivity index (χ3n) is 6.30. The van der Waals surface area contributed by atoms with Crippen LogP contribution >= 0.6 is 0 Å². The Bertz CT molecular complexity index is 975. The second-order valence-corrected chi connectivity index (χ2v) is 8.51. The van der Waals surface area contributed by atoms with Gasteiger partial charge in [-0.3, -0.25) is 4.79 Å². The molecule has 168 valence electrons. The van der Waals surface area contributed by atoms with Crippen LogP contribution in [0.3, 0.4) is 0 Å². The predicted octanol–water partition coefficient (Wildman–Crippen LogP) is 3.77. The normalized spacial score (nSPS) is 18.4. The van der Waals surface area contributed by atoms with Crippen LogP contribution in [0.25, 0.3) is 11.1 Å². The molecule has 1 heterocycles. The van der Waals surface area contributed by atoms with Gasteiger partial charge in [-0.25, -0.2) is 9.59 Å². The molecule has 32 heavy (non-hydrogen) atoms. The Balaban J connectivity index is 1.32. The van der Waals surface area contributed by atoms with Crippen molar-refractivity contribution in [3.05, 3.63) is 59.7 Å². The molecule has 2 aliphatic rings. The molecule has 2 N–H and O–H groups in total. The minimum Gasteiger partial charge on any atom is -0.480 e. The predicted molar refractivity (Wildman–Crippen MR) is 119 cm³/mol. The average molecular weight is 437 g/mol. The SMILES string of the molecule is CC(CC(=O)N1CCCC[C@H]1C(=O)O)NC(=O)OCC1c2ccccc2-c2ccccc21. The summed E-state index contributed by atoms with van der Waals surface area (Å²) < 4.78 is 5.53. The third-order valence-corrected chi connectivity index (χ3v) is 6.30. The molecule has 2 aromatic carbocycles. The maximum atomic E-state index is 12.6. The molecular formula is C25H28N2O5. The molecule has 2 aromatic rings. The fourth-order valence-corrected chi connectivity index (χ4v) is 4.76. The van der Waals surface area contributed by atoms with Crippen LogP contribution in [0.4, 0.5) is 4.79 Å². The van der Waals surface area contributed by atoms with Gasteiger partial charge in [0.15, 0.2) is 0 Å². The lowest BCUT2D eigenvalue weighted by molar-refractivity contribution is -0.152. The van der Waals surface area contributed by atoms with Crippen LogP contribution in [-0.2, 0) is 14.3 Å². The van der Waals surface area contributed by atoms with Crippen molar-refractivity contribution in [1.82, 2.24) is 10.2 Å². The molecule has 0 saturated carbocycles. The summed E-state index contributed by atoms with van der Waals surface area (Å²) in [7, 11) is 0. The number of nitrogens with zero attached hydrogens (tertiary/aromatic N) is 1. The van der Waals surface area contributed by atoms with Crippen LogP contribution in [0.15, 0.2) is 48.5 Å². The number of nitrogens with one attached hydrogen (secondary N) is 1. The molecule has 0 bridgehead atoms. The van der Waals surface area contributed by atoms with E-state index in [0.717, 1.165) is 35.1 Å². The Labute approximate surface area is 187 Å². The highest BCUT2D eigenvalue weighted by molar-refractivity contribution is 5.84. The second-order valence-electron chi connectivity index (χ2n) is 8.51. The van der Waals surface area contributed by atoms with Gasteiger partial charge < -0.3 is 20.1 Å². The summed E-state index contributed by atoms with van der Waals surface area (Å²) in [6.07, 6.45) is 1.52. The van der Waals surface area contributed by atoms with Crippen LogP contribution in [0.2, 0.25) is 0 Å². The lowest BCUT2D eigenvalue weighted by Gasteiger charge is -2.33. The number of hydrogen-bond donors (Lipinski definition) is 2. The van der Waals surface area contributed by atoms with Gasteiger partial charge in [0.1, 0.15) is 12.6 Å². The summed E-state index contributed by atoms with van der Waals surface area (Å²) in [5, 5.41) is 12.1. The number of hydrogen-bond acceptors (Lipinski definition) is 4. The van der Waals surface area contributed by atoms with Crippen LogP contribution in [0.5, 0.6) is 0 Å². The van der Waals surface area contributed by atoms with E-state index in [0.29, 0.717) is 13.0 Å². The molecule has 7 heteroatoms. The Morgan fingerprint density at radius 3 is 2.31 bits per heavy atom. The number of carboxylic acid groups (broad SMARTS) is 1. The number of carboxylic acids is 1. The van der Waals surface area contributed by atoms with Crippen molar-refractivity contribution in [2.45, 2.75) is 50.6 Å². The molecular weight excluding hydrogens is 408 g/mol. The maximum Gasteiger partial charge on any atom is 0.407 e. The van der Waals surface area contributed by atoms with Crippen LogP contribution < -0.4 is 5.32 Å². The van der Waals surface area contributed by atoms with E-state index in [1.54, 1.807) is 6.92 Å². The molecule has 1 aliphatic heterocycles. The largest absolute Gasteiger partial charge is 0.480 e. The van der Waals surface area contributed by atoms with Gasteiger partial charge in [-0.1, -0.05) is 48.5 Å². The zero-order valence-corrected chi connectivity index (χ0v) is 18.1. The summed E-state index contributed by atoms with van der Waals surface area (Å²) in [5.41, 5.74) is 4.58. The lowest BCUT2D eigenvalue weighted by Crippen LogP contribution is -2.49. The topological polar surface area (TPSA) is 95.9 Å². The smallest absolute Gasteiger partial charge is 0.407 e.